The van der Waals surface area contributed by atoms with Crippen LogP contribution in [0.15, 0.2) is 35.7 Å². The van der Waals surface area contributed by atoms with Gasteiger partial charge in [0.15, 0.2) is 5.70 Å². The lowest BCUT2D eigenvalue weighted by molar-refractivity contribution is -0.150. The van der Waals surface area contributed by atoms with E-state index in [9.17, 15) is 24.3 Å². The Morgan fingerprint density at radius 1 is 1.30 bits per heavy atom. The van der Waals surface area contributed by atoms with E-state index in [2.05, 4.69) is 10.6 Å². The van der Waals surface area contributed by atoms with Crippen molar-refractivity contribution in [2.24, 2.45) is 0 Å². The molecular weight excluding hydrogens is 434 g/mol. The van der Waals surface area contributed by atoms with Crippen molar-refractivity contribution < 1.29 is 29.0 Å². The molecule has 0 radical (unpaired) electrons. The van der Waals surface area contributed by atoms with Crippen molar-refractivity contribution in [1.29, 1.82) is 0 Å². The van der Waals surface area contributed by atoms with Gasteiger partial charge in [0.25, 0.3) is 5.91 Å². The van der Waals surface area contributed by atoms with E-state index in [1.807, 2.05) is 6.92 Å². The van der Waals surface area contributed by atoms with E-state index in [1.54, 1.807) is 24.3 Å². The van der Waals surface area contributed by atoms with Crippen molar-refractivity contribution in [1.82, 2.24) is 15.5 Å². The number of thioether (sulfide) groups is 1. The lowest BCUT2D eigenvalue weighted by Crippen LogP contribution is -2.71. The van der Waals surface area contributed by atoms with Gasteiger partial charge in [0.2, 0.25) is 5.91 Å². The first-order valence-corrected chi connectivity index (χ1v) is 10.6. The molecule has 0 aliphatic carbocycles. The molecule has 1 aromatic carbocycles. The highest BCUT2D eigenvalue weighted by molar-refractivity contribution is 8.00. The Morgan fingerprint density at radius 2 is 2.00 bits per heavy atom. The molecule has 160 valence electrons. The molecule has 3 rings (SSSR count). The summed E-state index contributed by atoms with van der Waals surface area (Å²) >= 11 is 7.08. The van der Waals surface area contributed by atoms with Crippen LogP contribution in [0.4, 0.5) is 4.79 Å². The van der Waals surface area contributed by atoms with E-state index in [0.29, 0.717) is 11.4 Å². The molecule has 1 saturated heterocycles. The van der Waals surface area contributed by atoms with Gasteiger partial charge in [-0.25, -0.2) is 9.59 Å². The molecule has 3 N–H and O–H groups in total. The minimum atomic E-state index is -1.34. The first kappa shape index (κ1) is 22.0. The van der Waals surface area contributed by atoms with E-state index < -0.39 is 29.4 Å². The van der Waals surface area contributed by atoms with Crippen LogP contribution < -0.4 is 10.6 Å². The summed E-state index contributed by atoms with van der Waals surface area (Å²) in [5.41, 5.74) is 0.518. The van der Waals surface area contributed by atoms with Crippen molar-refractivity contribution in [2.45, 2.75) is 31.2 Å². The first-order valence-electron chi connectivity index (χ1n) is 9.20. The third-order valence-corrected chi connectivity index (χ3v) is 5.99. The summed E-state index contributed by atoms with van der Waals surface area (Å²) in [6.07, 6.45) is -0.0851. The molecule has 1 unspecified atom stereocenters. The van der Waals surface area contributed by atoms with Crippen LogP contribution in [-0.2, 0) is 25.5 Å². The minimum absolute atomic E-state index is 0.0655. The van der Waals surface area contributed by atoms with Gasteiger partial charge in [-0.05, 0) is 24.1 Å². The number of halogens is 1. The Hall–Kier alpha value is -2.72. The van der Waals surface area contributed by atoms with Crippen LogP contribution in [0.25, 0.3) is 0 Å². The topological polar surface area (TPSA) is 125 Å². The second kappa shape index (κ2) is 9.40. The molecule has 1 aromatic rings. The molecular formula is C19H20ClN3O6S. The van der Waals surface area contributed by atoms with Crippen LogP contribution >= 0.6 is 23.4 Å². The number of ether oxygens (including phenoxy) is 1. The molecule has 0 saturated carbocycles. The van der Waals surface area contributed by atoms with Gasteiger partial charge >= 0.3 is 12.1 Å². The number of benzene rings is 1. The molecule has 0 spiro atoms. The van der Waals surface area contributed by atoms with Crippen LogP contribution in [0.5, 0.6) is 0 Å². The number of carboxylic acids is 1. The van der Waals surface area contributed by atoms with Gasteiger partial charge in [0.1, 0.15) is 11.4 Å². The number of carboxylic acid groups (broad SMARTS) is 1. The molecule has 11 heteroatoms. The second-order valence-corrected chi connectivity index (χ2v) is 8.19. The van der Waals surface area contributed by atoms with Crippen LogP contribution in [0.2, 0.25) is 5.02 Å². The minimum Gasteiger partial charge on any atom is -0.477 e. The number of carbonyl (C=O) groups is 4. The fraction of sp³-hybridized carbons (Fsp3) is 0.368. The molecule has 1 fully saturated rings. The predicted molar refractivity (Wildman–Crippen MR) is 110 cm³/mol. The Kier molecular flexibility index (Phi) is 6.88. The van der Waals surface area contributed by atoms with Crippen LogP contribution in [0.3, 0.4) is 0 Å². The number of fused-ring (bicyclic) bond motifs is 1. The Morgan fingerprint density at radius 3 is 2.63 bits per heavy atom. The van der Waals surface area contributed by atoms with Gasteiger partial charge in [-0.15, -0.1) is 11.8 Å². The highest BCUT2D eigenvalue weighted by Crippen LogP contribution is 2.39. The summed E-state index contributed by atoms with van der Waals surface area (Å²) in [7, 11) is 0. The van der Waals surface area contributed by atoms with Crippen LogP contribution in [-0.4, -0.2) is 57.7 Å². The van der Waals surface area contributed by atoms with Crippen molar-refractivity contribution in [3.63, 3.8) is 0 Å². The number of rotatable bonds is 7. The number of hydrogen-bond acceptors (Lipinski definition) is 6. The number of alkyl carbamates (subject to hydrolysis) is 1. The number of aliphatic carboxylic acids is 1. The SMILES string of the molecule is CCCOC(=O)NC1=C(C(=O)O)N2C(=O)C(NC(=O)Cc3ccc(Cl)cc3)[C@H]2SC1. The number of β-lactam (4-membered cyclic amide) rings is 1. The van der Waals surface area contributed by atoms with Gasteiger partial charge in [-0.1, -0.05) is 30.7 Å². The maximum Gasteiger partial charge on any atom is 0.411 e. The third kappa shape index (κ3) is 4.71. The Bertz CT molecular complexity index is 904. The average molecular weight is 454 g/mol. The lowest BCUT2D eigenvalue weighted by Gasteiger charge is -2.49. The largest absolute Gasteiger partial charge is 0.477 e. The molecule has 2 aliphatic heterocycles. The average Bonchev–Trinajstić information content (AvgIpc) is 2.71. The van der Waals surface area contributed by atoms with E-state index >= 15 is 0 Å². The molecule has 2 atom stereocenters. The van der Waals surface area contributed by atoms with E-state index in [4.69, 9.17) is 16.3 Å². The first-order chi connectivity index (χ1) is 14.3. The summed E-state index contributed by atoms with van der Waals surface area (Å²) in [5.74, 6) is -2.09. The van der Waals surface area contributed by atoms with Crippen LogP contribution in [0.1, 0.15) is 18.9 Å². The summed E-state index contributed by atoms with van der Waals surface area (Å²) in [4.78, 5) is 49.5. The summed E-state index contributed by atoms with van der Waals surface area (Å²) in [6.45, 7) is 2.03. The summed E-state index contributed by atoms with van der Waals surface area (Å²) in [6, 6.07) is 5.93. The number of nitrogens with one attached hydrogen (secondary N) is 2. The summed E-state index contributed by atoms with van der Waals surface area (Å²) in [5, 5.41) is 14.6. The standard InChI is InChI=1S/C19H20ClN3O6S/c1-2-7-29-19(28)21-12-9-30-17-14(16(25)23(17)15(12)18(26)27)22-13(24)8-10-3-5-11(20)6-4-10/h3-6,14,17H,2,7-9H2,1H3,(H,21,28)(H,22,24)(H,26,27)/t14?,17-/m1/s1. The van der Waals surface area contributed by atoms with E-state index in [-0.39, 0.29) is 36.1 Å². The molecule has 2 heterocycles. The Balaban J connectivity index is 1.66. The summed E-state index contributed by atoms with van der Waals surface area (Å²) < 4.78 is 4.91. The number of carbonyl (C=O) groups excluding carboxylic acids is 3. The van der Waals surface area contributed by atoms with E-state index in [0.717, 1.165) is 10.5 Å². The van der Waals surface area contributed by atoms with Crippen LogP contribution in [0, 0.1) is 0 Å². The van der Waals surface area contributed by atoms with Gasteiger partial charge in [-0.2, -0.15) is 0 Å². The highest BCUT2D eigenvalue weighted by atomic mass is 35.5. The molecule has 0 aromatic heterocycles. The molecule has 2 aliphatic rings. The number of amides is 3. The number of hydrogen-bond donors (Lipinski definition) is 3. The zero-order valence-electron chi connectivity index (χ0n) is 16.0. The molecule has 0 bridgehead atoms. The maximum absolute atomic E-state index is 12.6. The molecule has 3 amide bonds. The molecule has 9 nitrogen and oxygen atoms in total. The van der Waals surface area contributed by atoms with Crippen molar-refractivity contribution in [3.05, 3.63) is 46.2 Å². The zero-order chi connectivity index (χ0) is 21.8. The zero-order valence-corrected chi connectivity index (χ0v) is 17.6. The van der Waals surface area contributed by atoms with Gasteiger partial charge in [0, 0.05) is 10.8 Å². The van der Waals surface area contributed by atoms with Gasteiger partial charge < -0.3 is 15.2 Å². The van der Waals surface area contributed by atoms with Crippen molar-refractivity contribution >= 4 is 47.2 Å². The van der Waals surface area contributed by atoms with Crippen molar-refractivity contribution in [3.8, 4) is 0 Å². The monoisotopic (exact) mass is 453 g/mol. The highest BCUT2D eigenvalue weighted by Gasteiger charge is 2.54. The van der Waals surface area contributed by atoms with Gasteiger partial charge in [0.05, 0.1) is 18.7 Å². The predicted octanol–water partition coefficient (Wildman–Crippen LogP) is 1.71. The lowest BCUT2D eigenvalue weighted by atomic mass is 10.0. The third-order valence-electron chi connectivity index (χ3n) is 4.46. The Labute approximate surface area is 181 Å². The maximum atomic E-state index is 12.6. The fourth-order valence-electron chi connectivity index (χ4n) is 3.08. The number of nitrogens with zero attached hydrogens (tertiary/aromatic N) is 1. The van der Waals surface area contributed by atoms with E-state index in [1.165, 1.54) is 11.8 Å². The normalized spacial score (nSPS) is 20.2. The van der Waals surface area contributed by atoms with Crippen molar-refractivity contribution in [2.75, 3.05) is 12.4 Å². The quantitative estimate of drug-likeness (QED) is 0.536. The second-order valence-electron chi connectivity index (χ2n) is 6.65. The van der Waals surface area contributed by atoms with Gasteiger partial charge in [-0.3, -0.25) is 19.8 Å². The molecule has 30 heavy (non-hydrogen) atoms. The fourth-order valence-corrected chi connectivity index (χ4v) is 4.49. The smallest absolute Gasteiger partial charge is 0.411 e.